The second-order valence-electron chi connectivity index (χ2n) is 8.65. The van der Waals surface area contributed by atoms with Gasteiger partial charge >= 0.3 is 6.18 Å². The van der Waals surface area contributed by atoms with E-state index in [9.17, 15) is 18.0 Å². The van der Waals surface area contributed by atoms with Crippen molar-refractivity contribution in [2.45, 2.75) is 59.3 Å². The molecule has 1 fully saturated rings. The van der Waals surface area contributed by atoms with Crippen LogP contribution in [0.15, 0.2) is 18.2 Å². The molecule has 0 bridgehead atoms. The fraction of sp³-hybridized carbons (Fsp3) is 0.524. The molecule has 1 aliphatic carbocycles. The maximum atomic E-state index is 12.9. The fourth-order valence-corrected chi connectivity index (χ4v) is 3.91. The Morgan fingerprint density at radius 2 is 1.83 bits per heavy atom. The van der Waals surface area contributed by atoms with E-state index >= 15 is 0 Å². The Hall–Kier alpha value is -2.51. The molecule has 2 aliphatic rings. The standard InChI is InChI=1S/C21H25F3N4O/c1-13-8-15(9-14(2)19(13)25-18(29)11-20(3)4-5-20)27-6-7-28-16(12-27)10-17(26-28)21(22,23)24/h8-10H,4-7,11-12H2,1-3H3,(H,25,29). The highest BCUT2D eigenvalue weighted by atomic mass is 19.4. The van der Waals surface area contributed by atoms with E-state index < -0.39 is 11.9 Å². The molecule has 2 heterocycles. The van der Waals surface area contributed by atoms with Gasteiger partial charge in [0, 0.05) is 24.3 Å². The molecule has 29 heavy (non-hydrogen) atoms. The number of hydrogen-bond acceptors (Lipinski definition) is 3. The number of anilines is 2. The Labute approximate surface area is 167 Å². The van der Waals surface area contributed by atoms with Crippen LogP contribution in [0.4, 0.5) is 24.5 Å². The number of alkyl halides is 3. The molecule has 0 radical (unpaired) electrons. The molecule has 1 amide bonds. The van der Waals surface area contributed by atoms with Gasteiger partial charge in [0.05, 0.1) is 18.8 Å². The number of benzene rings is 1. The van der Waals surface area contributed by atoms with Crippen LogP contribution in [-0.2, 0) is 24.1 Å². The number of fused-ring (bicyclic) bond motifs is 1. The van der Waals surface area contributed by atoms with E-state index in [1.807, 2.05) is 30.9 Å². The summed E-state index contributed by atoms with van der Waals surface area (Å²) in [7, 11) is 0. The average Bonchev–Trinajstić information content (AvgIpc) is 3.17. The summed E-state index contributed by atoms with van der Waals surface area (Å²) in [6, 6.07) is 5.09. The molecule has 0 unspecified atom stereocenters. The fourth-order valence-electron chi connectivity index (χ4n) is 3.91. The highest BCUT2D eigenvalue weighted by Crippen LogP contribution is 2.48. The molecule has 5 nitrogen and oxygen atoms in total. The molecular weight excluding hydrogens is 381 g/mol. The number of halogens is 3. The molecule has 0 saturated heterocycles. The predicted molar refractivity (Wildman–Crippen MR) is 105 cm³/mol. The van der Waals surface area contributed by atoms with Crippen molar-refractivity contribution >= 4 is 17.3 Å². The van der Waals surface area contributed by atoms with Gasteiger partial charge in [-0.05, 0) is 61.4 Å². The van der Waals surface area contributed by atoms with Gasteiger partial charge in [-0.3, -0.25) is 9.48 Å². The van der Waals surface area contributed by atoms with Crippen molar-refractivity contribution in [1.29, 1.82) is 0 Å². The van der Waals surface area contributed by atoms with Gasteiger partial charge in [-0.15, -0.1) is 0 Å². The molecule has 8 heteroatoms. The summed E-state index contributed by atoms with van der Waals surface area (Å²) >= 11 is 0. The van der Waals surface area contributed by atoms with Crippen molar-refractivity contribution in [3.63, 3.8) is 0 Å². The third kappa shape index (κ3) is 4.11. The average molecular weight is 406 g/mol. The van der Waals surface area contributed by atoms with Gasteiger partial charge in [-0.25, -0.2) is 0 Å². The number of nitrogens with one attached hydrogen (secondary N) is 1. The van der Waals surface area contributed by atoms with Gasteiger partial charge < -0.3 is 10.2 Å². The van der Waals surface area contributed by atoms with Crippen molar-refractivity contribution in [1.82, 2.24) is 9.78 Å². The van der Waals surface area contributed by atoms with E-state index in [1.165, 1.54) is 4.68 Å². The zero-order chi connectivity index (χ0) is 21.0. The Morgan fingerprint density at radius 3 is 2.41 bits per heavy atom. The molecule has 4 rings (SSSR count). The van der Waals surface area contributed by atoms with Gasteiger partial charge in [0.25, 0.3) is 0 Å². The Kier molecular flexibility index (Phi) is 4.63. The lowest BCUT2D eigenvalue weighted by molar-refractivity contribution is -0.141. The summed E-state index contributed by atoms with van der Waals surface area (Å²) in [5.74, 6) is 0.0329. The maximum Gasteiger partial charge on any atom is 0.435 e. The van der Waals surface area contributed by atoms with Crippen LogP contribution < -0.4 is 10.2 Å². The van der Waals surface area contributed by atoms with Crippen molar-refractivity contribution in [2.24, 2.45) is 5.41 Å². The van der Waals surface area contributed by atoms with Crippen LogP contribution >= 0.6 is 0 Å². The molecule has 0 spiro atoms. The maximum absolute atomic E-state index is 12.9. The number of rotatable bonds is 4. The predicted octanol–water partition coefficient (Wildman–Crippen LogP) is 4.67. The smallest absolute Gasteiger partial charge is 0.364 e. The summed E-state index contributed by atoms with van der Waals surface area (Å²) in [5.41, 5.74) is 3.52. The monoisotopic (exact) mass is 406 g/mol. The topological polar surface area (TPSA) is 50.2 Å². The number of hydrogen-bond donors (Lipinski definition) is 1. The Morgan fingerprint density at radius 1 is 1.17 bits per heavy atom. The van der Waals surface area contributed by atoms with Crippen LogP contribution in [0.25, 0.3) is 0 Å². The minimum absolute atomic E-state index is 0.0329. The summed E-state index contributed by atoms with van der Waals surface area (Å²) < 4.78 is 40.2. The zero-order valence-electron chi connectivity index (χ0n) is 16.9. The molecule has 1 saturated carbocycles. The van der Waals surface area contributed by atoms with Crippen molar-refractivity contribution < 1.29 is 18.0 Å². The van der Waals surface area contributed by atoms with E-state index in [1.54, 1.807) is 0 Å². The zero-order valence-corrected chi connectivity index (χ0v) is 16.9. The van der Waals surface area contributed by atoms with Crippen LogP contribution in [0.3, 0.4) is 0 Å². The Balaban J connectivity index is 1.51. The Bertz CT molecular complexity index is 936. The van der Waals surface area contributed by atoms with Gasteiger partial charge in [-0.2, -0.15) is 18.3 Å². The van der Waals surface area contributed by atoms with Gasteiger partial charge in [0.1, 0.15) is 0 Å². The van der Waals surface area contributed by atoms with Crippen LogP contribution in [-0.4, -0.2) is 22.2 Å². The SMILES string of the molecule is Cc1cc(N2CCn3nc(C(F)(F)F)cc3C2)cc(C)c1NC(=O)CC1(C)CC1. The summed E-state index contributed by atoms with van der Waals surface area (Å²) in [6.45, 7) is 7.37. The first-order valence-corrected chi connectivity index (χ1v) is 9.84. The first-order chi connectivity index (χ1) is 13.5. The highest BCUT2D eigenvalue weighted by Gasteiger charge is 2.39. The number of amides is 1. The van der Waals surface area contributed by atoms with Gasteiger partial charge in [0.2, 0.25) is 5.91 Å². The molecular formula is C21H25F3N4O. The number of carbonyl (C=O) groups excluding carboxylic acids is 1. The molecule has 1 aromatic carbocycles. The van der Waals surface area contributed by atoms with Crippen molar-refractivity contribution in [3.8, 4) is 0 Å². The second-order valence-corrected chi connectivity index (χ2v) is 8.65. The van der Waals surface area contributed by atoms with Crippen molar-refractivity contribution in [2.75, 3.05) is 16.8 Å². The lowest BCUT2D eigenvalue weighted by Gasteiger charge is -2.30. The quantitative estimate of drug-likeness (QED) is 0.803. The number of aromatic nitrogens is 2. The van der Waals surface area contributed by atoms with Gasteiger partial charge in [-0.1, -0.05) is 6.92 Å². The van der Waals surface area contributed by atoms with Gasteiger partial charge in [0.15, 0.2) is 5.69 Å². The highest BCUT2D eigenvalue weighted by molar-refractivity contribution is 5.93. The third-order valence-electron chi connectivity index (χ3n) is 5.93. The number of carbonyl (C=O) groups is 1. The van der Waals surface area contributed by atoms with Crippen LogP contribution in [0.2, 0.25) is 0 Å². The first-order valence-electron chi connectivity index (χ1n) is 9.84. The normalized spacial score (nSPS) is 17.8. The summed E-state index contributed by atoms with van der Waals surface area (Å²) in [5, 5.41) is 6.73. The number of aryl methyl sites for hydroxylation is 2. The van der Waals surface area contributed by atoms with E-state index in [2.05, 4.69) is 17.3 Å². The molecule has 156 valence electrons. The van der Waals surface area contributed by atoms with E-state index in [4.69, 9.17) is 0 Å². The van der Waals surface area contributed by atoms with E-state index in [-0.39, 0.29) is 11.3 Å². The lowest BCUT2D eigenvalue weighted by Crippen LogP contribution is -2.34. The minimum atomic E-state index is -4.43. The first kappa shape index (κ1) is 19.8. The van der Waals surface area contributed by atoms with Crippen LogP contribution in [0.5, 0.6) is 0 Å². The third-order valence-corrected chi connectivity index (χ3v) is 5.93. The second kappa shape index (κ2) is 6.78. The van der Waals surface area contributed by atoms with Crippen LogP contribution in [0, 0.1) is 19.3 Å². The molecule has 1 N–H and O–H groups in total. The lowest BCUT2D eigenvalue weighted by atomic mass is 10.0. The molecule has 2 aromatic rings. The molecule has 0 atom stereocenters. The number of nitrogens with zero attached hydrogens (tertiary/aromatic N) is 3. The van der Waals surface area contributed by atoms with E-state index in [0.29, 0.717) is 31.7 Å². The minimum Gasteiger partial charge on any atom is -0.364 e. The summed E-state index contributed by atoms with van der Waals surface area (Å²) in [4.78, 5) is 14.4. The summed E-state index contributed by atoms with van der Waals surface area (Å²) in [6.07, 6.45) is -1.71. The molecule has 1 aliphatic heterocycles. The molecule has 1 aromatic heterocycles. The van der Waals surface area contributed by atoms with Crippen LogP contribution in [0.1, 0.15) is 48.7 Å². The largest absolute Gasteiger partial charge is 0.435 e. The van der Waals surface area contributed by atoms with Crippen molar-refractivity contribution in [3.05, 3.63) is 40.7 Å². The van der Waals surface area contributed by atoms with E-state index in [0.717, 1.165) is 41.4 Å².